The molecule has 2 amide bonds. The van der Waals surface area contributed by atoms with Gasteiger partial charge in [0, 0.05) is 24.5 Å². The summed E-state index contributed by atoms with van der Waals surface area (Å²) in [7, 11) is 0. The molecule has 0 spiro atoms. The second-order valence-electron chi connectivity index (χ2n) is 7.22. The van der Waals surface area contributed by atoms with E-state index in [1.807, 2.05) is 31.2 Å². The summed E-state index contributed by atoms with van der Waals surface area (Å²) >= 11 is 0. The van der Waals surface area contributed by atoms with Gasteiger partial charge in [-0.15, -0.1) is 0 Å². The second kappa shape index (κ2) is 9.38. The number of furan rings is 1. The van der Waals surface area contributed by atoms with Crippen molar-refractivity contribution in [1.82, 2.24) is 5.32 Å². The molecule has 1 aromatic heterocycles. The Kier molecular flexibility index (Phi) is 6.21. The number of para-hydroxylation sites is 1. The van der Waals surface area contributed by atoms with Gasteiger partial charge in [0.1, 0.15) is 17.6 Å². The first-order chi connectivity index (χ1) is 15.2. The summed E-state index contributed by atoms with van der Waals surface area (Å²) in [5.74, 6) is 0.0307. The van der Waals surface area contributed by atoms with Crippen LogP contribution in [0.1, 0.15) is 24.3 Å². The third-order valence-electron chi connectivity index (χ3n) is 5.26. The largest absolute Gasteiger partial charge is 0.494 e. The zero-order valence-electron chi connectivity index (χ0n) is 17.3. The lowest BCUT2D eigenvalue weighted by Gasteiger charge is -2.29. The SMILES string of the molecule is CCOc1ccc(NC(=O)C(=O)NC[C@@H](c2ccco2)N2CCc3ccccc32)cc1. The van der Waals surface area contributed by atoms with Crippen LogP contribution in [0.5, 0.6) is 5.75 Å². The van der Waals surface area contributed by atoms with Crippen molar-refractivity contribution >= 4 is 23.2 Å². The molecular formula is C24H25N3O4. The molecule has 31 heavy (non-hydrogen) atoms. The lowest BCUT2D eigenvalue weighted by atomic mass is 10.1. The molecule has 2 heterocycles. The number of nitrogens with one attached hydrogen (secondary N) is 2. The van der Waals surface area contributed by atoms with Crippen molar-refractivity contribution in [3.8, 4) is 5.75 Å². The highest BCUT2D eigenvalue weighted by Gasteiger charge is 2.29. The lowest BCUT2D eigenvalue weighted by molar-refractivity contribution is -0.136. The van der Waals surface area contributed by atoms with E-state index in [0.717, 1.165) is 24.4 Å². The molecule has 0 bridgehead atoms. The number of benzene rings is 2. The van der Waals surface area contributed by atoms with E-state index in [4.69, 9.17) is 9.15 Å². The molecule has 160 valence electrons. The van der Waals surface area contributed by atoms with E-state index in [1.54, 1.807) is 30.5 Å². The van der Waals surface area contributed by atoms with Gasteiger partial charge in [0.15, 0.2) is 0 Å². The fourth-order valence-corrected chi connectivity index (χ4v) is 3.79. The summed E-state index contributed by atoms with van der Waals surface area (Å²) in [6.07, 6.45) is 2.55. The first kappa shape index (κ1) is 20.5. The van der Waals surface area contributed by atoms with Crippen LogP contribution in [0.15, 0.2) is 71.3 Å². The maximum atomic E-state index is 12.5. The maximum absolute atomic E-state index is 12.5. The average Bonchev–Trinajstić information content (AvgIpc) is 3.46. The molecule has 4 rings (SSSR count). The van der Waals surface area contributed by atoms with Gasteiger partial charge in [-0.05, 0) is 61.4 Å². The van der Waals surface area contributed by atoms with Crippen molar-refractivity contribution in [2.45, 2.75) is 19.4 Å². The monoisotopic (exact) mass is 419 g/mol. The van der Waals surface area contributed by atoms with E-state index in [0.29, 0.717) is 18.0 Å². The molecule has 0 aliphatic carbocycles. The standard InChI is InChI=1S/C24H25N3O4/c1-2-30-19-11-9-18(10-12-19)26-24(29)23(28)25-16-21(22-8-5-15-31-22)27-14-13-17-6-3-4-7-20(17)27/h3-12,15,21H,2,13-14,16H2,1H3,(H,25,28)(H,26,29)/t21-/m0/s1. The number of ether oxygens (including phenoxy) is 1. The van der Waals surface area contributed by atoms with Crippen LogP contribution in [0.2, 0.25) is 0 Å². The Balaban J connectivity index is 1.40. The van der Waals surface area contributed by atoms with Crippen molar-refractivity contribution in [2.24, 2.45) is 0 Å². The number of rotatable bonds is 7. The Hall–Kier alpha value is -3.74. The average molecular weight is 419 g/mol. The fourth-order valence-electron chi connectivity index (χ4n) is 3.79. The third-order valence-corrected chi connectivity index (χ3v) is 5.26. The van der Waals surface area contributed by atoms with Gasteiger partial charge < -0.3 is 24.7 Å². The molecule has 7 nitrogen and oxygen atoms in total. The smallest absolute Gasteiger partial charge is 0.313 e. The minimum absolute atomic E-state index is 0.208. The summed E-state index contributed by atoms with van der Waals surface area (Å²) in [6.45, 7) is 3.53. The number of hydrogen-bond donors (Lipinski definition) is 2. The Morgan fingerprint density at radius 2 is 1.87 bits per heavy atom. The van der Waals surface area contributed by atoms with Crippen LogP contribution in [0.3, 0.4) is 0 Å². The van der Waals surface area contributed by atoms with Gasteiger partial charge in [-0.1, -0.05) is 18.2 Å². The molecule has 7 heteroatoms. The Morgan fingerprint density at radius 1 is 1.06 bits per heavy atom. The molecule has 0 unspecified atom stereocenters. The Morgan fingerprint density at radius 3 is 2.61 bits per heavy atom. The van der Waals surface area contributed by atoms with E-state index < -0.39 is 11.8 Å². The number of nitrogens with zero attached hydrogens (tertiary/aromatic N) is 1. The Labute approximate surface area is 181 Å². The quantitative estimate of drug-likeness (QED) is 0.573. The van der Waals surface area contributed by atoms with Crippen molar-refractivity contribution < 1.29 is 18.7 Å². The van der Waals surface area contributed by atoms with Crippen LogP contribution in [-0.4, -0.2) is 31.5 Å². The first-order valence-corrected chi connectivity index (χ1v) is 10.4. The second-order valence-corrected chi connectivity index (χ2v) is 7.22. The maximum Gasteiger partial charge on any atom is 0.313 e. The molecule has 2 aromatic carbocycles. The van der Waals surface area contributed by atoms with Gasteiger partial charge in [0.25, 0.3) is 0 Å². The minimum Gasteiger partial charge on any atom is -0.494 e. The number of carbonyl (C=O) groups excluding carboxylic acids is 2. The van der Waals surface area contributed by atoms with Gasteiger partial charge >= 0.3 is 11.8 Å². The topological polar surface area (TPSA) is 83.8 Å². The van der Waals surface area contributed by atoms with Crippen LogP contribution >= 0.6 is 0 Å². The number of carbonyl (C=O) groups is 2. The van der Waals surface area contributed by atoms with Gasteiger partial charge in [-0.25, -0.2) is 0 Å². The molecule has 1 aliphatic rings. The molecule has 3 aromatic rings. The summed E-state index contributed by atoms with van der Waals surface area (Å²) in [5.41, 5.74) is 2.91. The third kappa shape index (κ3) is 4.71. The summed E-state index contributed by atoms with van der Waals surface area (Å²) in [6, 6.07) is 18.6. The number of amides is 2. The zero-order chi connectivity index (χ0) is 21.6. The van der Waals surface area contributed by atoms with Crippen LogP contribution < -0.4 is 20.3 Å². The Bertz CT molecular complexity index is 1030. The van der Waals surface area contributed by atoms with Crippen LogP contribution in [0, 0.1) is 0 Å². The van der Waals surface area contributed by atoms with Crippen LogP contribution in [0.25, 0.3) is 0 Å². The number of fused-ring (bicyclic) bond motifs is 1. The summed E-state index contributed by atoms with van der Waals surface area (Å²) in [4.78, 5) is 27.0. The molecular weight excluding hydrogens is 394 g/mol. The first-order valence-electron chi connectivity index (χ1n) is 10.4. The van der Waals surface area contributed by atoms with Crippen LogP contribution in [0.4, 0.5) is 11.4 Å². The van der Waals surface area contributed by atoms with Gasteiger partial charge in [-0.3, -0.25) is 9.59 Å². The highest BCUT2D eigenvalue weighted by atomic mass is 16.5. The van der Waals surface area contributed by atoms with E-state index in [-0.39, 0.29) is 12.6 Å². The highest BCUT2D eigenvalue weighted by molar-refractivity contribution is 6.39. The molecule has 0 saturated carbocycles. The van der Waals surface area contributed by atoms with E-state index >= 15 is 0 Å². The van der Waals surface area contributed by atoms with Gasteiger partial charge in [0.05, 0.1) is 12.9 Å². The van der Waals surface area contributed by atoms with Crippen LogP contribution in [-0.2, 0) is 16.0 Å². The molecule has 2 N–H and O–H groups in total. The van der Waals surface area contributed by atoms with E-state index in [2.05, 4.69) is 27.7 Å². The molecule has 0 saturated heterocycles. The van der Waals surface area contributed by atoms with Gasteiger partial charge in [-0.2, -0.15) is 0 Å². The van der Waals surface area contributed by atoms with Crippen molar-refractivity contribution in [2.75, 3.05) is 29.9 Å². The van der Waals surface area contributed by atoms with E-state index in [9.17, 15) is 9.59 Å². The minimum atomic E-state index is -0.718. The fraction of sp³-hybridized carbons (Fsp3) is 0.250. The lowest BCUT2D eigenvalue weighted by Crippen LogP contribution is -2.41. The number of hydrogen-bond acceptors (Lipinski definition) is 5. The van der Waals surface area contributed by atoms with Gasteiger partial charge in [0.2, 0.25) is 0 Å². The predicted molar refractivity (Wildman–Crippen MR) is 118 cm³/mol. The molecule has 0 radical (unpaired) electrons. The van der Waals surface area contributed by atoms with E-state index in [1.165, 1.54) is 5.56 Å². The predicted octanol–water partition coefficient (Wildman–Crippen LogP) is 3.54. The van der Waals surface area contributed by atoms with Crippen molar-refractivity contribution in [3.63, 3.8) is 0 Å². The summed E-state index contributed by atoms with van der Waals surface area (Å²) < 4.78 is 11.0. The number of anilines is 2. The zero-order valence-corrected chi connectivity index (χ0v) is 17.3. The highest BCUT2D eigenvalue weighted by Crippen LogP contribution is 2.34. The molecule has 0 fully saturated rings. The van der Waals surface area contributed by atoms with Crippen molar-refractivity contribution in [1.29, 1.82) is 0 Å². The van der Waals surface area contributed by atoms with Crippen molar-refractivity contribution in [3.05, 3.63) is 78.3 Å². The molecule has 1 aliphatic heterocycles. The molecule has 1 atom stereocenters. The summed E-state index contributed by atoms with van der Waals surface area (Å²) in [5, 5.41) is 5.36. The normalized spacial score (nSPS) is 13.4.